The third kappa shape index (κ3) is 4.51. The zero-order chi connectivity index (χ0) is 32.3. The topological polar surface area (TPSA) is 29.5 Å². The number of hydrogen-bond acceptors (Lipinski definition) is 3. The Balaban J connectivity index is 1.16. The van der Waals surface area contributed by atoms with Crippen molar-refractivity contribution < 1.29 is 8.83 Å². The number of fused-ring (bicyclic) bond motifs is 8. The van der Waals surface area contributed by atoms with E-state index in [1.165, 1.54) is 16.7 Å². The van der Waals surface area contributed by atoms with E-state index in [0.29, 0.717) is 0 Å². The minimum Gasteiger partial charge on any atom is -0.456 e. The van der Waals surface area contributed by atoms with Crippen molar-refractivity contribution in [1.29, 1.82) is 0 Å². The first kappa shape index (κ1) is 27.5. The van der Waals surface area contributed by atoms with Crippen LogP contribution in [0.15, 0.2) is 185 Å². The monoisotopic (exact) mass is 627 g/mol. The van der Waals surface area contributed by atoms with Gasteiger partial charge in [-0.05, 0) is 76.2 Å². The zero-order valence-corrected chi connectivity index (χ0v) is 26.5. The number of para-hydroxylation sites is 2. The SMILES string of the molecule is c1ccc(-c2cccc(-c3ccc(N(c4ccc5c(c4)oc4ccccc45)c4cccc5c4oc4c6ccccc6ccc54)cc3)c2)cc1. The highest BCUT2D eigenvalue weighted by Gasteiger charge is 2.21. The van der Waals surface area contributed by atoms with E-state index < -0.39 is 0 Å². The molecule has 0 saturated heterocycles. The molecular formula is C46H29NO2. The largest absolute Gasteiger partial charge is 0.456 e. The third-order valence-electron chi connectivity index (χ3n) is 9.66. The fourth-order valence-electron chi connectivity index (χ4n) is 7.28. The fourth-order valence-corrected chi connectivity index (χ4v) is 7.28. The summed E-state index contributed by atoms with van der Waals surface area (Å²) in [7, 11) is 0. The summed E-state index contributed by atoms with van der Waals surface area (Å²) in [4.78, 5) is 2.28. The second kappa shape index (κ2) is 11.0. The summed E-state index contributed by atoms with van der Waals surface area (Å²) in [5.74, 6) is 0. The molecule has 230 valence electrons. The van der Waals surface area contributed by atoms with Crippen LogP contribution in [-0.2, 0) is 0 Å². The first-order chi connectivity index (χ1) is 24.3. The molecule has 0 aliphatic heterocycles. The smallest absolute Gasteiger partial charge is 0.159 e. The Hall–Kier alpha value is -6.58. The molecule has 10 aromatic rings. The van der Waals surface area contributed by atoms with Gasteiger partial charge in [0.25, 0.3) is 0 Å². The maximum atomic E-state index is 6.84. The minimum atomic E-state index is 0.846. The normalized spacial score (nSPS) is 11.7. The Morgan fingerprint density at radius 3 is 1.80 bits per heavy atom. The van der Waals surface area contributed by atoms with Crippen molar-refractivity contribution in [3.8, 4) is 22.3 Å². The van der Waals surface area contributed by atoms with Crippen molar-refractivity contribution in [1.82, 2.24) is 0 Å². The summed E-state index contributed by atoms with van der Waals surface area (Å²) >= 11 is 0. The molecule has 2 aromatic heterocycles. The van der Waals surface area contributed by atoms with E-state index in [9.17, 15) is 0 Å². The Morgan fingerprint density at radius 1 is 0.327 bits per heavy atom. The maximum absolute atomic E-state index is 6.84. The molecular weight excluding hydrogens is 599 g/mol. The van der Waals surface area contributed by atoms with Gasteiger partial charge < -0.3 is 13.7 Å². The fraction of sp³-hybridized carbons (Fsp3) is 0. The van der Waals surface area contributed by atoms with E-state index in [0.717, 1.165) is 77.3 Å². The van der Waals surface area contributed by atoms with Gasteiger partial charge in [0.15, 0.2) is 5.58 Å². The highest BCUT2D eigenvalue weighted by molar-refractivity contribution is 6.17. The van der Waals surface area contributed by atoms with Crippen molar-refractivity contribution in [2.24, 2.45) is 0 Å². The molecule has 0 aliphatic carbocycles. The van der Waals surface area contributed by atoms with Gasteiger partial charge in [0, 0.05) is 38.7 Å². The number of anilines is 3. The molecule has 0 unspecified atom stereocenters. The van der Waals surface area contributed by atoms with Crippen LogP contribution in [0.5, 0.6) is 0 Å². The molecule has 0 fully saturated rings. The molecule has 3 heteroatoms. The van der Waals surface area contributed by atoms with E-state index in [1.807, 2.05) is 12.1 Å². The Kier molecular flexibility index (Phi) is 6.18. The van der Waals surface area contributed by atoms with Crippen LogP contribution in [0.25, 0.3) is 76.9 Å². The summed E-state index contributed by atoms with van der Waals surface area (Å²) in [5.41, 5.74) is 11.2. The lowest BCUT2D eigenvalue weighted by Crippen LogP contribution is -2.10. The van der Waals surface area contributed by atoms with Gasteiger partial charge in [-0.15, -0.1) is 0 Å². The van der Waals surface area contributed by atoms with Crippen LogP contribution in [0.4, 0.5) is 17.1 Å². The standard InChI is InChI=1S/C46H29NO2/c1-2-10-30(11-3-1)33-13-8-14-34(28-33)31-20-23-35(24-21-31)47(36-25-27-39-38-16-6-7-19-43(38)48-44(39)29-36)42-18-9-17-40-41-26-22-32-12-4-5-15-37(32)45(41)49-46(40)42/h1-29H. The average Bonchev–Trinajstić information content (AvgIpc) is 3.75. The van der Waals surface area contributed by atoms with Gasteiger partial charge in [-0.2, -0.15) is 0 Å². The lowest BCUT2D eigenvalue weighted by Gasteiger charge is -2.25. The summed E-state index contributed by atoms with van der Waals surface area (Å²) in [5, 5.41) is 6.68. The molecule has 3 nitrogen and oxygen atoms in total. The highest BCUT2D eigenvalue weighted by atomic mass is 16.3. The molecule has 2 heterocycles. The average molecular weight is 628 g/mol. The van der Waals surface area contributed by atoms with Gasteiger partial charge in [0.2, 0.25) is 0 Å². The second-order valence-electron chi connectivity index (χ2n) is 12.5. The van der Waals surface area contributed by atoms with Crippen LogP contribution in [0.1, 0.15) is 0 Å². The lowest BCUT2D eigenvalue weighted by atomic mass is 9.99. The van der Waals surface area contributed by atoms with E-state index in [4.69, 9.17) is 8.83 Å². The predicted octanol–water partition coefficient (Wildman–Crippen LogP) is 13.4. The first-order valence-electron chi connectivity index (χ1n) is 16.6. The Morgan fingerprint density at radius 2 is 0.939 bits per heavy atom. The molecule has 0 radical (unpaired) electrons. The maximum Gasteiger partial charge on any atom is 0.159 e. The number of furan rings is 2. The van der Waals surface area contributed by atoms with E-state index in [2.05, 4.69) is 169 Å². The second-order valence-corrected chi connectivity index (χ2v) is 12.5. The molecule has 8 aromatic carbocycles. The molecule has 0 aliphatic rings. The first-order valence-corrected chi connectivity index (χ1v) is 16.6. The van der Waals surface area contributed by atoms with Gasteiger partial charge >= 0.3 is 0 Å². The van der Waals surface area contributed by atoms with Gasteiger partial charge in [0.1, 0.15) is 16.7 Å². The number of hydrogen-bond donors (Lipinski definition) is 0. The molecule has 49 heavy (non-hydrogen) atoms. The number of rotatable bonds is 5. The van der Waals surface area contributed by atoms with Gasteiger partial charge in [0.05, 0.1) is 11.4 Å². The zero-order valence-electron chi connectivity index (χ0n) is 26.5. The number of benzene rings is 8. The quantitative estimate of drug-likeness (QED) is 0.190. The van der Waals surface area contributed by atoms with E-state index in [1.54, 1.807) is 0 Å². The van der Waals surface area contributed by atoms with E-state index in [-0.39, 0.29) is 0 Å². The highest BCUT2D eigenvalue weighted by Crippen LogP contribution is 2.45. The van der Waals surface area contributed by atoms with Crippen molar-refractivity contribution in [3.63, 3.8) is 0 Å². The van der Waals surface area contributed by atoms with Crippen LogP contribution in [0.2, 0.25) is 0 Å². The lowest BCUT2D eigenvalue weighted by molar-refractivity contribution is 0.668. The molecule has 0 amide bonds. The summed E-state index contributed by atoms with van der Waals surface area (Å²) < 4.78 is 13.2. The molecule has 0 spiro atoms. The Bertz CT molecular complexity index is 2830. The van der Waals surface area contributed by atoms with Crippen molar-refractivity contribution in [2.45, 2.75) is 0 Å². The third-order valence-corrected chi connectivity index (χ3v) is 9.66. The van der Waals surface area contributed by atoms with Crippen molar-refractivity contribution in [3.05, 3.63) is 176 Å². The van der Waals surface area contributed by atoms with Gasteiger partial charge in [-0.3, -0.25) is 0 Å². The van der Waals surface area contributed by atoms with Gasteiger partial charge in [-0.25, -0.2) is 0 Å². The van der Waals surface area contributed by atoms with E-state index >= 15 is 0 Å². The molecule has 10 rings (SSSR count). The van der Waals surface area contributed by atoms with Crippen molar-refractivity contribution in [2.75, 3.05) is 4.90 Å². The summed E-state index contributed by atoms with van der Waals surface area (Å²) in [6.45, 7) is 0. The summed E-state index contributed by atoms with van der Waals surface area (Å²) in [6, 6.07) is 62.0. The Labute approximate surface area is 282 Å². The molecule has 0 bridgehead atoms. The molecule has 0 N–H and O–H groups in total. The number of nitrogens with zero attached hydrogens (tertiary/aromatic N) is 1. The summed E-state index contributed by atoms with van der Waals surface area (Å²) in [6.07, 6.45) is 0. The van der Waals surface area contributed by atoms with Gasteiger partial charge in [-0.1, -0.05) is 121 Å². The van der Waals surface area contributed by atoms with Crippen LogP contribution in [0, 0.1) is 0 Å². The minimum absolute atomic E-state index is 0.846. The molecule has 0 atom stereocenters. The van der Waals surface area contributed by atoms with Crippen LogP contribution < -0.4 is 4.90 Å². The van der Waals surface area contributed by atoms with Crippen molar-refractivity contribution >= 4 is 71.7 Å². The predicted molar refractivity (Wildman–Crippen MR) is 204 cm³/mol. The van der Waals surface area contributed by atoms with Crippen LogP contribution in [0.3, 0.4) is 0 Å². The van der Waals surface area contributed by atoms with Crippen LogP contribution >= 0.6 is 0 Å². The molecule has 0 saturated carbocycles. The van der Waals surface area contributed by atoms with Crippen LogP contribution in [-0.4, -0.2) is 0 Å².